The van der Waals surface area contributed by atoms with E-state index < -0.39 is 0 Å². The maximum atomic E-state index is 11.6. The molecule has 0 N–H and O–H groups in total. The van der Waals surface area contributed by atoms with Gasteiger partial charge in [-0.25, -0.2) is 0 Å². The molecule has 0 unspecified atom stereocenters. The van der Waals surface area contributed by atoms with Gasteiger partial charge in [0.05, 0.1) is 5.56 Å². The van der Waals surface area contributed by atoms with Gasteiger partial charge < -0.3 is 4.74 Å². The van der Waals surface area contributed by atoms with E-state index in [2.05, 4.69) is 0 Å². The second-order valence-corrected chi connectivity index (χ2v) is 5.42. The first-order chi connectivity index (χ1) is 9.47. The normalized spacial score (nSPS) is 10.4. The zero-order chi connectivity index (χ0) is 14.7. The first-order valence-electron chi connectivity index (χ1n) is 6.15. The molecule has 0 spiro atoms. The van der Waals surface area contributed by atoms with Crippen molar-refractivity contribution in [3.63, 3.8) is 0 Å². The Bertz CT molecular complexity index is 651. The quantitative estimate of drug-likeness (QED) is 0.736. The van der Waals surface area contributed by atoms with Gasteiger partial charge in [-0.15, -0.1) is 0 Å². The molecule has 20 heavy (non-hydrogen) atoms. The van der Waals surface area contributed by atoms with Crippen molar-refractivity contribution in [1.82, 2.24) is 0 Å². The number of rotatable bonds is 4. The molecule has 0 aromatic heterocycles. The summed E-state index contributed by atoms with van der Waals surface area (Å²) in [7, 11) is 0. The first-order valence-corrected chi connectivity index (χ1v) is 6.91. The summed E-state index contributed by atoms with van der Waals surface area (Å²) in [6.45, 7) is 3.75. The van der Waals surface area contributed by atoms with Crippen molar-refractivity contribution in [1.29, 1.82) is 0 Å². The summed E-state index contributed by atoms with van der Waals surface area (Å²) < 4.78 is 5.71. The summed E-state index contributed by atoms with van der Waals surface area (Å²) >= 11 is 11.9. The van der Waals surface area contributed by atoms with Crippen molar-refractivity contribution in [3.05, 3.63) is 63.1 Å². The zero-order valence-corrected chi connectivity index (χ0v) is 12.8. The molecule has 4 heteroatoms. The number of halogens is 2. The highest BCUT2D eigenvalue weighted by Gasteiger charge is 2.10. The zero-order valence-electron chi connectivity index (χ0n) is 11.2. The average molecular weight is 309 g/mol. The number of aryl methyl sites for hydroxylation is 1. The monoisotopic (exact) mass is 308 g/mol. The van der Waals surface area contributed by atoms with Crippen LogP contribution in [0.1, 0.15) is 28.4 Å². The second kappa shape index (κ2) is 6.29. The SMILES string of the molecule is CC(=O)c1cc(C)ccc1OCc1ccc(Cl)cc1Cl. The number of ketones is 1. The number of ether oxygens (including phenoxy) is 1. The Morgan fingerprint density at radius 2 is 1.90 bits per heavy atom. The second-order valence-electron chi connectivity index (χ2n) is 4.58. The van der Waals surface area contributed by atoms with Crippen LogP contribution < -0.4 is 4.74 Å². The highest BCUT2D eigenvalue weighted by molar-refractivity contribution is 6.35. The highest BCUT2D eigenvalue weighted by Crippen LogP contribution is 2.25. The number of carbonyl (C=O) groups is 1. The Morgan fingerprint density at radius 1 is 1.15 bits per heavy atom. The van der Waals surface area contributed by atoms with E-state index in [9.17, 15) is 4.79 Å². The van der Waals surface area contributed by atoms with Gasteiger partial charge in [0.1, 0.15) is 12.4 Å². The van der Waals surface area contributed by atoms with Crippen molar-refractivity contribution < 1.29 is 9.53 Å². The van der Waals surface area contributed by atoms with Crippen molar-refractivity contribution in [3.8, 4) is 5.75 Å². The smallest absolute Gasteiger partial charge is 0.163 e. The van der Waals surface area contributed by atoms with Gasteiger partial charge in [0.25, 0.3) is 0 Å². The molecule has 2 aromatic carbocycles. The Morgan fingerprint density at radius 3 is 2.55 bits per heavy atom. The molecule has 0 radical (unpaired) electrons. The van der Waals surface area contributed by atoms with Gasteiger partial charge in [-0.3, -0.25) is 4.79 Å². The van der Waals surface area contributed by atoms with E-state index in [1.54, 1.807) is 18.2 Å². The van der Waals surface area contributed by atoms with Crippen molar-refractivity contribution in [2.45, 2.75) is 20.5 Å². The highest BCUT2D eigenvalue weighted by atomic mass is 35.5. The number of hydrogen-bond acceptors (Lipinski definition) is 2. The number of hydrogen-bond donors (Lipinski definition) is 0. The number of benzene rings is 2. The van der Waals surface area contributed by atoms with Gasteiger partial charge in [-0.2, -0.15) is 0 Å². The third kappa shape index (κ3) is 3.53. The molecule has 0 bridgehead atoms. The molecule has 0 atom stereocenters. The molecule has 2 nitrogen and oxygen atoms in total. The molecule has 2 rings (SSSR count). The van der Waals surface area contributed by atoms with E-state index in [1.807, 2.05) is 25.1 Å². The van der Waals surface area contributed by atoms with E-state index in [0.717, 1.165) is 11.1 Å². The van der Waals surface area contributed by atoms with Crippen LogP contribution in [0, 0.1) is 6.92 Å². The molecule has 0 saturated carbocycles. The standard InChI is InChI=1S/C16H14Cl2O2/c1-10-3-6-16(14(7-10)11(2)19)20-9-12-4-5-13(17)8-15(12)18/h3-8H,9H2,1-2H3. The summed E-state index contributed by atoms with van der Waals surface area (Å²) in [5, 5.41) is 1.13. The molecule has 0 aliphatic rings. The van der Waals surface area contributed by atoms with Crippen LogP contribution in [0.25, 0.3) is 0 Å². The average Bonchev–Trinajstić information content (AvgIpc) is 2.38. The minimum atomic E-state index is -0.0223. The Kier molecular flexibility index (Phi) is 4.69. The van der Waals surface area contributed by atoms with Crippen LogP contribution in [0.3, 0.4) is 0 Å². The summed E-state index contributed by atoms with van der Waals surface area (Å²) in [6, 6.07) is 10.8. The van der Waals surface area contributed by atoms with Crippen LogP contribution in [-0.4, -0.2) is 5.78 Å². The van der Waals surface area contributed by atoms with Crippen molar-refractivity contribution in [2.24, 2.45) is 0 Å². The molecule has 0 amide bonds. The topological polar surface area (TPSA) is 26.3 Å². The van der Waals surface area contributed by atoms with E-state index in [0.29, 0.717) is 28.0 Å². The lowest BCUT2D eigenvalue weighted by atomic mass is 10.1. The molecule has 0 fully saturated rings. The predicted molar refractivity (Wildman–Crippen MR) is 82.0 cm³/mol. The predicted octanol–water partition coefficient (Wildman–Crippen LogP) is 5.08. The Labute approximate surface area is 128 Å². The molecular weight excluding hydrogens is 295 g/mol. The first kappa shape index (κ1) is 14.9. The number of Topliss-reactive ketones (excluding diaryl/α,β-unsaturated/α-hetero) is 1. The molecule has 0 aliphatic carbocycles. The summed E-state index contributed by atoms with van der Waals surface area (Å²) in [6.07, 6.45) is 0. The molecule has 2 aromatic rings. The van der Waals surface area contributed by atoms with E-state index >= 15 is 0 Å². The van der Waals surface area contributed by atoms with Crippen LogP contribution in [-0.2, 0) is 6.61 Å². The number of carbonyl (C=O) groups excluding carboxylic acids is 1. The minimum Gasteiger partial charge on any atom is -0.488 e. The van der Waals surface area contributed by atoms with Crippen LogP contribution in [0.15, 0.2) is 36.4 Å². The van der Waals surface area contributed by atoms with Crippen LogP contribution in [0.5, 0.6) is 5.75 Å². The van der Waals surface area contributed by atoms with Crippen LogP contribution in [0.4, 0.5) is 0 Å². The fraction of sp³-hybridized carbons (Fsp3) is 0.188. The summed E-state index contributed by atoms with van der Waals surface area (Å²) in [5.41, 5.74) is 2.42. The van der Waals surface area contributed by atoms with Gasteiger partial charge >= 0.3 is 0 Å². The third-order valence-corrected chi connectivity index (χ3v) is 3.50. The summed E-state index contributed by atoms with van der Waals surface area (Å²) in [4.78, 5) is 11.6. The van der Waals surface area contributed by atoms with Gasteiger partial charge in [-0.05, 0) is 38.1 Å². The fourth-order valence-electron chi connectivity index (χ4n) is 1.84. The van der Waals surface area contributed by atoms with E-state index in [4.69, 9.17) is 27.9 Å². The molecule has 0 heterocycles. The van der Waals surface area contributed by atoms with Crippen molar-refractivity contribution >= 4 is 29.0 Å². The maximum absolute atomic E-state index is 11.6. The summed E-state index contributed by atoms with van der Waals surface area (Å²) in [5.74, 6) is 0.542. The van der Waals surface area contributed by atoms with Crippen molar-refractivity contribution in [2.75, 3.05) is 0 Å². The lowest BCUT2D eigenvalue weighted by Crippen LogP contribution is -2.02. The Hall–Kier alpha value is -1.51. The molecule has 0 aliphatic heterocycles. The maximum Gasteiger partial charge on any atom is 0.163 e. The molecule has 104 valence electrons. The lowest BCUT2D eigenvalue weighted by Gasteiger charge is -2.11. The minimum absolute atomic E-state index is 0.0223. The molecular formula is C16H14Cl2O2. The van der Waals surface area contributed by atoms with Gasteiger partial charge in [0, 0.05) is 15.6 Å². The van der Waals surface area contributed by atoms with E-state index in [1.165, 1.54) is 6.92 Å². The fourth-order valence-corrected chi connectivity index (χ4v) is 2.30. The largest absolute Gasteiger partial charge is 0.488 e. The van der Waals surface area contributed by atoms with Crippen LogP contribution >= 0.6 is 23.2 Å². The van der Waals surface area contributed by atoms with Gasteiger partial charge in [-0.1, -0.05) is 40.9 Å². The van der Waals surface area contributed by atoms with Gasteiger partial charge in [0.15, 0.2) is 5.78 Å². The van der Waals surface area contributed by atoms with E-state index in [-0.39, 0.29) is 5.78 Å². The Balaban J connectivity index is 2.20. The van der Waals surface area contributed by atoms with Crippen LogP contribution in [0.2, 0.25) is 10.0 Å². The van der Waals surface area contributed by atoms with Gasteiger partial charge in [0.2, 0.25) is 0 Å². The third-order valence-electron chi connectivity index (χ3n) is 2.91. The lowest BCUT2D eigenvalue weighted by molar-refractivity contribution is 0.101. The molecule has 0 saturated heterocycles.